The standard InChI is InChI=1S/C31H19ClN2O2/c32-30-26(34-25-13-6-4-12-23(25)31(33-34)20-9-2-1-3-10-20)14-8-16-29(30)35-21-17-18-28-24(19-21)22-11-5-7-15-27(22)36-28/h1-19H. The SMILES string of the molecule is Clc1c(Oc2ccc3oc4ccccc4c3c2)cccc1-n1nc(-c2ccccc2)c2ccccc21. The molecule has 172 valence electrons. The number of furan rings is 1. The van der Waals surface area contributed by atoms with Crippen LogP contribution in [-0.2, 0) is 0 Å². The van der Waals surface area contributed by atoms with Gasteiger partial charge in [0.15, 0.2) is 0 Å². The number of benzene rings is 5. The van der Waals surface area contributed by atoms with Crippen molar-refractivity contribution < 1.29 is 9.15 Å². The van der Waals surface area contributed by atoms with Gasteiger partial charge in [-0.2, -0.15) is 5.10 Å². The Balaban J connectivity index is 1.33. The van der Waals surface area contributed by atoms with Gasteiger partial charge in [-0.15, -0.1) is 0 Å². The van der Waals surface area contributed by atoms with E-state index in [9.17, 15) is 0 Å². The summed E-state index contributed by atoms with van der Waals surface area (Å²) in [6.07, 6.45) is 0. The average molecular weight is 487 g/mol. The maximum Gasteiger partial charge on any atom is 0.148 e. The number of para-hydroxylation sites is 2. The second-order valence-corrected chi connectivity index (χ2v) is 8.97. The highest BCUT2D eigenvalue weighted by atomic mass is 35.5. The van der Waals surface area contributed by atoms with E-state index < -0.39 is 0 Å². The van der Waals surface area contributed by atoms with Crippen LogP contribution in [0.25, 0.3) is 49.8 Å². The van der Waals surface area contributed by atoms with Crippen LogP contribution in [0.15, 0.2) is 120 Å². The molecular weight excluding hydrogens is 468 g/mol. The largest absolute Gasteiger partial charge is 0.456 e. The second kappa shape index (κ2) is 8.29. The van der Waals surface area contributed by atoms with Crippen LogP contribution in [0.5, 0.6) is 11.5 Å². The minimum absolute atomic E-state index is 0.488. The first-order valence-corrected chi connectivity index (χ1v) is 12.1. The molecule has 0 bridgehead atoms. The minimum atomic E-state index is 0.488. The molecular formula is C31H19ClN2O2. The summed E-state index contributed by atoms with van der Waals surface area (Å²) in [5.74, 6) is 1.24. The van der Waals surface area contributed by atoms with E-state index >= 15 is 0 Å². The van der Waals surface area contributed by atoms with Crippen LogP contribution in [-0.4, -0.2) is 9.78 Å². The fourth-order valence-corrected chi connectivity index (χ4v) is 4.94. The van der Waals surface area contributed by atoms with Gasteiger partial charge in [-0.3, -0.25) is 0 Å². The molecule has 0 atom stereocenters. The summed E-state index contributed by atoms with van der Waals surface area (Å²) in [5.41, 5.74) is 5.36. The zero-order valence-electron chi connectivity index (χ0n) is 19.1. The topological polar surface area (TPSA) is 40.2 Å². The number of halogens is 1. The summed E-state index contributed by atoms with van der Waals surface area (Å²) < 4.78 is 14.1. The molecule has 2 aromatic heterocycles. The lowest BCUT2D eigenvalue weighted by Crippen LogP contribution is -1.99. The quantitative estimate of drug-likeness (QED) is 0.249. The Morgan fingerprint density at radius 2 is 1.42 bits per heavy atom. The molecule has 2 heterocycles. The fraction of sp³-hybridized carbons (Fsp3) is 0. The third kappa shape index (κ3) is 3.35. The molecule has 0 amide bonds. The van der Waals surface area contributed by atoms with Gasteiger partial charge in [-0.05, 0) is 42.5 Å². The molecule has 36 heavy (non-hydrogen) atoms. The summed E-state index contributed by atoms with van der Waals surface area (Å²) in [5, 5.41) is 8.57. The van der Waals surface area contributed by atoms with Crippen LogP contribution in [0.3, 0.4) is 0 Å². The van der Waals surface area contributed by atoms with Crippen molar-refractivity contribution in [2.24, 2.45) is 0 Å². The number of nitrogens with zero attached hydrogens (tertiary/aromatic N) is 2. The van der Waals surface area contributed by atoms with Crippen molar-refractivity contribution in [3.05, 3.63) is 120 Å². The Bertz CT molecular complexity index is 1890. The van der Waals surface area contributed by atoms with Gasteiger partial charge in [0, 0.05) is 21.7 Å². The normalized spacial score (nSPS) is 11.5. The van der Waals surface area contributed by atoms with E-state index in [1.165, 1.54) is 0 Å². The maximum absolute atomic E-state index is 6.94. The number of hydrogen-bond donors (Lipinski definition) is 0. The van der Waals surface area contributed by atoms with Gasteiger partial charge in [0.25, 0.3) is 0 Å². The third-order valence-corrected chi connectivity index (χ3v) is 6.76. The van der Waals surface area contributed by atoms with E-state index in [0.29, 0.717) is 16.5 Å². The van der Waals surface area contributed by atoms with Crippen molar-refractivity contribution in [3.8, 4) is 28.4 Å². The van der Waals surface area contributed by atoms with Crippen molar-refractivity contribution in [3.63, 3.8) is 0 Å². The van der Waals surface area contributed by atoms with Crippen LogP contribution in [0.4, 0.5) is 0 Å². The van der Waals surface area contributed by atoms with E-state index in [4.69, 9.17) is 25.9 Å². The molecule has 4 nitrogen and oxygen atoms in total. The predicted octanol–water partition coefficient (Wildman–Crippen LogP) is 9.04. The van der Waals surface area contributed by atoms with E-state index in [2.05, 4.69) is 24.3 Å². The van der Waals surface area contributed by atoms with Gasteiger partial charge in [-0.1, -0.05) is 84.4 Å². The average Bonchev–Trinajstić information content (AvgIpc) is 3.49. The molecule has 0 aliphatic carbocycles. The van der Waals surface area contributed by atoms with E-state index in [-0.39, 0.29) is 0 Å². The zero-order chi connectivity index (χ0) is 24.1. The first kappa shape index (κ1) is 20.8. The van der Waals surface area contributed by atoms with Gasteiger partial charge >= 0.3 is 0 Å². The van der Waals surface area contributed by atoms with E-state index in [1.54, 1.807) is 0 Å². The Kier molecular flexibility index (Phi) is 4.79. The molecule has 5 heteroatoms. The molecule has 0 aliphatic heterocycles. The third-order valence-electron chi connectivity index (χ3n) is 6.38. The molecule has 7 rings (SSSR count). The highest BCUT2D eigenvalue weighted by Gasteiger charge is 2.17. The fourth-order valence-electron chi connectivity index (χ4n) is 4.70. The van der Waals surface area contributed by atoms with Crippen molar-refractivity contribution in [2.75, 3.05) is 0 Å². The number of hydrogen-bond acceptors (Lipinski definition) is 3. The van der Waals surface area contributed by atoms with E-state index in [0.717, 1.165) is 49.8 Å². The molecule has 0 unspecified atom stereocenters. The summed E-state index contributed by atoms with van der Waals surface area (Å²) >= 11 is 6.94. The Hall–Kier alpha value is -4.54. The Morgan fingerprint density at radius 3 is 2.31 bits per heavy atom. The number of fused-ring (bicyclic) bond motifs is 4. The summed E-state index contributed by atoms with van der Waals surface area (Å²) in [6, 6.07) is 37.9. The smallest absolute Gasteiger partial charge is 0.148 e. The van der Waals surface area contributed by atoms with Gasteiger partial charge in [-0.25, -0.2) is 4.68 Å². The molecule has 0 spiro atoms. The van der Waals surface area contributed by atoms with Crippen LogP contribution in [0.1, 0.15) is 0 Å². The highest BCUT2D eigenvalue weighted by Crippen LogP contribution is 2.38. The van der Waals surface area contributed by atoms with Gasteiger partial charge in [0.1, 0.15) is 33.4 Å². The first-order valence-electron chi connectivity index (χ1n) is 11.7. The van der Waals surface area contributed by atoms with Crippen molar-refractivity contribution >= 4 is 44.4 Å². The van der Waals surface area contributed by atoms with Gasteiger partial charge in [0.2, 0.25) is 0 Å². The van der Waals surface area contributed by atoms with Crippen molar-refractivity contribution in [2.45, 2.75) is 0 Å². The minimum Gasteiger partial charge on any atom is -0.456 e. The lowest BCUT2D eigenvalue weighted by molar-refractivity contribution is 0.483. The molecule has 0 N–H and O–H groups in total. The van der Waals surface area contributed by atoms with Crippen LogP contribution in [0, 0.1) is 0 Å². The Morgan fingerprint density at radius 1 is 0.667 bits per heavy atom. The van der Waals surface area contributed by atoms with E-state index in [1.807, 2.05) is 95.7 Å². The first-order chi connectivity index (χ1) is 17.8. The zero-order valence-corrected chi connectivity index (χ0v) is 19.8. The maximum atomic E-state index is 6.94. The number of aromatic nitrogens is 2. The molecule has 5 aromatic carbocycles. The van der Waals surface area contributed by atoms with Crippen LogP contribution >= 0.6 is 11.6 Å². The summed E-state index contributed by atoms with van der Waals surface area (Å²) in [4.78, 5) is 0. The van der Waals surface area contributed by atoms with Gasteiger partial charge < -0.3 is 9.15 Å². The lowest BCUT2D eigenvalue weighted by Gasteiger charge is -2.12. The highest BCUT2D eigenvalue weighted by molar-refractivity contribution is 6.34. The van der Waals surface area contributed by atoms with Gasteiger partial charge in [0.05, 0.1) is 11.2 Å². The van der Waals surface area contributed by atoms with Crippen LogP contribution in [0.2, 0.25) is 5.02 Å². The second-order valence-electron chi connectivity index (χ2n) is 8.59. The molecule has 0 radical (unpaired) electrons. The molecule has 0 saturated carbocycles. The number of ether oxygens (including phenoxy) is 1. The molecule has 7 aromatic rings. The van der Waals surface area contributed by atoms with Crippen molar-refractivity contribution in [1.82, 2.24) is 9.78 Å². The summed E-state index contributed by atoms with van der Waals surface area (Å²) in [6.45, 7) is 0. The molecule has 0 aliphatic rings. The molecule has 0 saturated heterocycles. The Labute approximate surface area is 211 Å². The number of rotatable bonds is 4. The monoisotopic (exact) mass is 486 g/mol. The van der Waals surface area contributed by atoms with Crippen LogP contribution < -0.4 is 4.74 Å². The summed E-state index contributed by atoms with van der Waals surface area (Å²) in [7, 11) is 0. The predicted molar refractivity (Wildman–Crippen MR) is 145 cm³/mol. The lowest BCUT2D eigenvalue weighted by atomic mass is 10.1. The van der Waals surface area contributed by atoms with Crippen molar-refractivity contribution in [1.29, 1.82) is 0 Å². The molecule has 0 fully saturated rings.